The Kier molecular flexibility index (Phi) is 1.97. The van der Waals surface area contributed by atoms with E-state index in [-0.39, 0.29) is 5.25 Å². The average Bonchev–Trinajstić information content (AvgIpc) is 1.98. The number of hydrogen-bond donors (Lipinski definition) is 3. The van der Waals surface area contributed by atoms with Gasteiger partial charge in [-0.25, -0.2) is 0 Å². The highest BCUT2D eigenvalue weighted by Crippen LogP contribution is 2.29. The van der Waals surface area contributed by atoms with Gasteiger partial charge in [-0.3, -0.25) is 5.84 Å². The third kappa shape index (κ3) is 1.20. The number of hydrogen-bond acceptors (Lipinski definition) is 5. The molecule has 0 bridgehead atoms. The molecule has 0 aromatic heterocycles. The molecule has 1 heterocycles. The van der Waals surface area contributed by atoms with Crippen LogP contribution in [0.1, 0.15) is 6.92 Å². The van der Waals surface area contributed by atoms with Gasteiger partial charge in [0.1, 0.15) is 6.23 Å². The van der Waals surface area contributed by atoms with Crippen LogP contribution in [0.2, 0.25) is 0 Å². The minimum Gasteiger partial charge on any atom is -0.376 e. The number of hydrazine groups is 1. The largest absolute Gasteiger partial charge is 0.376 e. The Morgan fingerprint density at radius 1 is 1.56 bits per heavy atom. The number of nitrogens with two attached hydrogens (primary N) is 1. The number of rotatable bonds is 0. The molecule has 1 aliphatic heterocycles. The van der Waals surface area contributed by atoms with Gasteiger partial charge in [-0.2, -0.15) is 5.01 Å². The Hall–Kier alpha value is 0.190. The first-order valence-corrected chi connectivity index (χ1v) is 3.62. The minimum atomic E-state index is -0.755. The quantitative estimate of drug-likeness (QED) is 0.382. The van der Waals surface area contributed by atoms with Crippen LogP contribution in [-0.2, 0) is 0 Å². The summed E-state index contributed by atoms with van der Waals surface area (Å²) in [4.78, 5) is 0. The van der Waals surface area contributed by atoms with Gasteiger partial charge in [0, 0.05) is 5.25 Å². The van der Waals surface area contributed by atoms with Gasteiger partial charge in [0.25, 0.3) is 0 Å². The molecule has 3 atom stereocenters. The maximum Gasteiger partial charge on any atom is 0.170 e. The van der Waals surface area contributed by atoms with Gasteiger partial charge in [0.15, 0.2) is 5.56 Å². The number of thioether (sulfide) groups is 1. The van der Waals surface area contributed by atoms with Crippen LogP contribution in [0.5, 0.6) is 0 Å². The fourth-order valence-electron chi connectivity index (χ4n) is 0.706. The molecule has 5 heteroatoms. The van der Waals surface area contributed by atoms with E-state index in [1.165, 1.54) is 11.8 Å². The van der Waals surface area contributed by atoms with Crippen molar-refractivity contribution in [3.05, 3.63) is 0 Å². The van der Waals surface area contributed by atoms with Gasteiger partial charge >= 0.3 is 0 Å². The summed E-state index contributed by atoms with van der Waals surface area (Å²) in [5.41, 5.74) is -0.755. The maximum absolute atomic E-state index is 9.06. The van der Waals surface area contributed by atoms with Crippen LogP contribution in [0.25, 0.3) is 0 Å². The Bertz CT molecular complexity index is 101. The molecule has 1 fully saturated rings. The van der Waals surface area contributed by atoms with E-state index in [2.05, 4.69) is 0 Å². The molecule has 0 aliphatic carbocycles. The van der Waals surface area contributed by atoms with E-state index in [0.717, 1.165) is 5.01 Å². The second-order valence-electron chi connectivity index (χ2n) is 2.03. The SMILES string of the molecule is C[C@H]1S[C@@H](O)N(N)[C@H]1O. The molecule has 54 valence electrons. The van der Waals surface area contributed by atoms with Crippen molar-refractivity contribution >= 4 is 11.8 Å². The van der Waals surface area contributed by atoms with Crippen molar-refractivity contribution in [1.29, 1.82) is 0 Å². The van der Waals surface area contributed by atoms with Crippen LogP contribution >= 0.6 is 11.8 Å². The van der Waals surface area contributed by atoms with Crippen molar-refractivity contribution in [2.24, 2.45) is 5.84 Å². The molecule has 1 saturated heterocycles. The van der Waals surface area contributed by atoms with Crippen LogP contribution in [-0.4, -0.2) is 32.3 Å². The lowest BCUT2D eigenvalue weighted by atomic mass is 10.4. The van der Waals surface area contributed by atoms with Gasteiger partial charge in [-0.05, 0) is 6.92 Å². The monoisotopic (exact) mass is 150 g/mol. The van der Waals surface area contributed by atoms with Gasteiger partial charge in [0.05, 0.1) is 0 Å². The molecule has 0 aromatic rings. The van der Waals surface area contributed by atoms with E-state index in [0.29, 0.717) is 0 Å². The summed E-state index contributed by atoms with van der Waals surface area (Å²) in [6.07, 6.45) is -0.718. The second-order valence-corrected chi connectivity index (χ2v) is 3.47. The third-order valence-electron chi connectivity index (χ3n) is 1.32. The lowest BCUT2D eigenvalue weighted by molar-refractivity contribution is -0.0454. The van der Waals surface area contributed by atoms with E-state index >= 15 is 0 Å². The van der Waals surface area contributed by atoms with Crippen molar-refractivity contribution in [2.75, 3.05) is 0 Å². The number of aliphatic hydroxyl groups is 2. The molecule has 0 unspecified atom stereocenters. The van der Waals surface area contributed by atoms with Crippen molar-refractivity contribution in [3.63, 3.8) is 0 Å². The molecule has 0 aromatic carbocycles. The molecule has 1 rings (SSSR count). The van der Waals surface area contributed by atoms with Crippen molar-refractivity contribution in [2.45, 2.75) is 24.0 Å². The number of nitrogens with zero attached hydrogens (tertiary/aromatic N) is 1. The molecular weight excluding hydrogens is 140 g/mol. The average molecular weight is 150 g/mol. The normalized spacial score (nSPS) is 46.0. The Balaban J connectivity index is 2.54. The second kappa shape index (κ2) is 2.43. The molecule has 0 saturated carbocycles. The van der Waals surface area contributed by atoms with Gasteiger partial charge in [-0.1, -0.05) is 0 Å². The zero-order valence-corrected chi connectivity index (χ0v) is 5.88. The smallest absolute Gasteiger partial charge is 0.170 e. The maximum atomic E-state index is 9.06. The summed E-state index contributed by atoms with van der Waals surface area (Å²) in [7, 11) is 0. The third-order valence-corrected chi connectivity index (χ3v) is 2.48. The van der Waals surface area contributed by atoms with Crippen LogP contribution in [0.4, 0.5) is 0 Å². The predicted octanol–water partition coefficient (Wildman–Crippen LogP) is -1.11. The highest BCUT2D eigenvalue weighted by Gasteiger charge is 2.34. The summed E-state index contributed by atoms with van der Waals surface area (Å²) in [5.74, 6) is 5.22. The molecule has 0 radical (unpaired) electrons. The Morgan fingerprint density at radius 3 is 2.22 bits per heavy atom. The zero-order valence-electron chi connectivity index (χ0n) is 5.06. The summed E-state index contributed by atoms with van der Waals surface area (Å²) < 4.78 is 0. The summed E-state index contributed by atoms with van der Waals surface area (Å²) in [6, 6.07) is 0. The Morgan fingerprint density at radius 2 is 2.11 bits per heavy atom. The molecule has 1 aliphatic rings. The summed E-state index contributed by atoms with van der Waals surface area (Å²) >= 11 is 1.24. The van der Waals surface area contributed by atoms with Crippen LogP contribution in [0.3, 0.4) is 0 Å². The summed E-state index contributed by atoms with van der Waals surface area (Å²) in [5, 5.41) is 19.0. The molecular formula is C4H10N2O2S. The van der Waals surface area contributed by atoms with E-state index in [1.54, 1.807) is 0 Å². The van der Waals surface area contributed by atoms with Gasteiger partial charge in [-0.15, -0.1) is 11.8 Å². The van der Waals surface area contributed by atoms with Crippen LogP contribution in [0.15, 0.2) is 0 Å². The molecule has 4 nitrogen and oxygen atoms in total. The van der Waals surface area contributed by atoms with Crippen LogP contribution in [0, 0.1) is 0 Å². The predicted molar refractivity (Wildman–Crippen MR) is 35.1 cm³/mol. The van der Waals surface area contributed by atoms with Gasteiger partial charge < -0.3 is 10.2 Å². The highest BCUT2D eigenvalue weighted by atomic mass is 32.2. The molecule has 0 spiro atoms. The standard InChI is InChI=1S/C4H10N2O2S/c1-2-3(7)6(5)4(8)9-2/h2-4,7-8H,5H2,1H3/t2-,3+,4-/m1/s1. The topological polar surface area (TPSA) is 69.7 Å². The van der Waals surface area contributed by atoms with Crippen molar-refractivity contribution in [3.8, 4) is 0 Å². The first kappa shape index (κ1) is 7.30. The van der Waals surface area contributed by atoms with E-state index in [4.69, 9.17) is 16.1 Å². The zero-order chi connectivity index (χ0) is 7.02. The van der Waals surface area contributed by atoms with Gasteiger partial charge in [0.2, 0.25) is 0 Å². The van der Waals surface area contributed by atoms with Crippen molar-refractivity contribution < 1.29 is 10.2 Å². The molecule has 9 heavy (non-hydrogen) atoms. The lowest BCUT2D eigenvalue weighted by Crippen LogP contribution is -2.43. The Labute approximate surface area is 57.6 Å². The number of aliphatic hydroxyl groups excluding tert-OH is 2. The fourth-order valence-corrected chi connectivity index (χ4v) is 1.64. The first-order valence-electron chi connectivity index (χ1n) is 2.67. The van der Waals surface area contributed by atoms with Crippen molar-refractivity contribution in [1.82, 2.24) is 5.01 Å². The van der Waals surface area contributed by atoms with E-state index in [1.807, 2.05) is 6.92 Å². The molecule has 0 amide bonds. The minimum absolute atomic E-state index is 0.00926. The fraction of sp³-hybridized carbons (Fsp3) is 1.00. The lowest BCUT2D eigenvalue weighted by Gasteiger charge is -2.15. The first-order chi connectivity index (χ1) is 4.13. The van der Waals surface area contributed by atoms with Crippen LogP contribution < -0.4 is 5.84 Å². The van der Waals surface area contributed by atoms with E-state index < -0.39 is 11.8 Å². The highest BCUT2D eigenvalue weighted by molar-refractivity contribution is 8.00. The van der Waals surface area contributed by atoms with E-state index in [9.17, 15) is 0 Å². The summed E-state index contributed by atoms with van der Waals surface area (Å²) in [6.45, 7) is 1.81. The molecule has 4 N–H and O–H groups in total.